The first kappa shape index (κ1) is 19.8. The van der Waals surface area contributed by atoms with Crippen molar-refractivity contribution in [3.05, 3.63) is 41.8 Å². The first-order valence-corrected chi connectivity index (χ1v) is 10.3. The molecule has 3 rings (SSSR count). The van der Waals surface area contributed by atoms with Gasteiger partial charge in [-0.15, -0.1) is 11.3 Å². The first-order valence-electron chi connectivity index (χ1n) is 9.49. The van der Waals surface area contributed by atoms with Gasteiger partial charge in [-0.1, -0.05) is 6.92 Å². The van der Waals surface area contributed by atoms with Gasteiger partial charge in [0.1, 0.15) is 14.1 Å². The molecule has 0 bridgehead atoms. The Labute approximate surface area is 166 Å². The Balaban J connectivity index is 2.00. The largest absolute Gasteiger partial charge is 0.372 e. The summed E-state index contributed by atoms with van der Waals surface area (Å²) in [6.07, 6.45) is 0. The van der Waals surface area contributed by atoms with Crippen molar-refractivity contribution in [2.75, 3.05) is 46.7 Å². The fraction of sp³-hybridized carbons (Fsp3) is 0.455. The Morgan fingerprint density at radius 1 is 1.04 bits per heavy atom. The molecule has 1 aromatic rings. The van der Waals surface area contributed by atoms with Gasteiger partial charge >= 0.3 is 0 Å². The predicted molar refractivity (Wildman–Crippen MR) is 119 cm³/mol. The van der Waals surface area contributed by atoms with E-state index in [0.29, 0.717) is 12.0 Å². The predicted octanol–water partition coefficient (Wildman–Crippen LogP) is 3.46. The van der Waals surface area contributed by atoms with E-state index in [4.69, 9.17) is 4.98 Å². The summed E-state index contributed by atoms with van der Waals surface area (Å²) < 4.78 is 3.36. The van der Waals surface area contributed by atoms with E-state index in [1.165, 1.54) is 20.6 Å². The van der Waals surface area contributed by atoms with Gasteiger partial charge in [-0.25, -0.2) is 9.56 Å². The highest BCUT2D eigenvalue weighted by Crippen LogP contribution is 2.32. The average molecular weight is 384 g/mol. The van der Waals surface area contributed by atoms with E-state index in [9.17, 15) is 0 Å². The molecule has 2 aliphatic rings. The molecule has 2 unspecified atom stereocenters. The third-order valence-electron chi connectivity index (χ3n) is 5.36. The molecule has 1 aliphatic heterocycles. The second kappa shape index (κ2) is 7.95. The number of hydrogen-bond acceptors (Lipinski definition) is 4. The van der Waals surface area contributed by atoms with Crippen molar-refractivity contribution in [1.82, 2.24) is 14.5 Å². The van der Waals surface area contributed by atoms with E-state index in [0.717, 1.165) is 17.8 Å². The molecule has 1 aliphatic carbocycles. The van der Waals surface area contributed by atoms with Crippen molar-refractivity contribution in [3.8, 4) is 10.6 Å². The SMILES string of the molecule is CC(CN(C)C)C(C)N(C)c1ccc2nc3ccc(=[N+](C)C)cc-3sc2c1. The molecule has 0 radical (unpaired) electrons. The summed E-state index contributed by atoms with van der Waals surface area (Å²) in [5, 5.41) is 1.21. The van der Waals surface area contributed by atoms with Crippen molar-refractivity contribution >= 4 is 27.2 Å². The molecule has 4 nitrogen and oxygen atoms in total. The van der Waals surface area contributed by atoms with Crippen LogP contribution >= 0.6 is 11.3 Å². The zero-order valence-electron chi connectivity index (χ0n) is 17.5. The third kappa shape index (κ3) is 4.30. The second-order valence-electron chi connectivity index (χ2n) is 8.00. The lowest BCUT2D eigenvalue weighted by Crippen LogP contribution is -2.38. The molecule has 1 aromatic carbocycles. The molecule has 1 heterocycles. The minimum atomic E-state index is 0.462. The minimum Gasteiger partial charge on any atom is -0.372 e. The zero-order chi connectivity index (χ0) is 19.7. The molecule has 144 valence electrons. The van der Waals surface area contributed by atoms with Gasteiger partial charge < -0.3 is 9.80 Å². The standard InChI is InChI=1S/C22H31N4S/c1-15(14-24(3)4)16(2)26(7)18-9-11-20-22(13-18)27-21-12-17(25(5)6)8-10-19(21)23-20/h8-13,15-16H,14H2,1-7H3/q+1. The van der Waals surface area contributed by atoms with Crippen LogP contribution in [0, 0.1) is 5.92 Å². The number of hydrogen-bond donors (Lipinski definition) is 0. The topological polar surface area (TPSA) is 22.4 Å². The number of rotatable bonds is 5. The molecule has 0 amide bonds. The highest BCUT2D eigenvalue weighted by molar-refractivity contribution is 7.21. The van der Waals surface area contributed by atoms with Crippen LogP contribution in [0.4, 0.5) is 5.69 Å². The summed E-state index contributed by atoms with van der Waals surface area (Å²) in [7, 11) is 10.6. The maximum Gasteiger partial charge on any atom is 0.201 e. The van der Waals surface area contributed by atoms with Gasteiger partial charge in [-0.2, -0.15) is 0 Å². The summed E-state index contributed by atoms with van der Waals surface area (Å²) in [4.78, 5) is 10.7. The van der Waals surface area contributed by atoms with E-state index in [-0.39, 0.29) is 0 Å². The summed E-state index contributed by atoms with van der Waals surface area (Å²) in [6, 6.07) is 13.6. The molecule has 27 heavy (non-hydrogen) atoms. The van der Waals surface area contributed by atoms with Gasteiger partial charge in [0.2, 0.25) is 5.36 Å². The maximum atomic E-state index is 4.86. The van der Waals surface area contributed by atoms with Crippen molar-refractivity contribution in [3.63, 3.8) is 0 Å². The van der Waals surface area contributed by atoms with Gasteiger partial charge in [-0.05, 0) is 51.2 Å². The lowest BCUT2D eigenvalue weighted by molar-refractivity contribution is 0.309. The quantitative estimate of drug-likeness (QED) is 0.498. The van der Waals surface area contributed by atoms with Gasteiger partial charge in [-0.3, -0.25) is 0 Å². The Morgan fingerprint density at radius 3 is 2.44 bits per heavy atom. The molecule has 0 spiro atoms. The van der Waals surface area contributed by atoms with Crippen LogP contribution in [0.2, 0.25) is 0 Å². The number of nitrogens with zero attached hydrogens (tertiary/aromatic N) is 4. The Kier molecular flexibility index (Phi) is 5.82. The summed E-state index contributed by atoms with van der Waals surface area (Å²) in [5.74, 6) is 0.585. The van der Waals surface area contributed by atoms with E-state index in [1.54, 1.807) is 0 Å². The molecule has 2 atom stereocenters. The van der Waals surface area contributed by atoms with Crippen molar-refractivity contribution in [1.29, 1.82) is 0 Å². The Bertz CT molecular complexity index is 972. The van der Waals surface area contributed by atoms with Gasteiger partial charge in [0.05, 0.1) is 20.8 Å². The average Bonchev–Trinajstić information content (AvgIpc) is 2.63. The van der Waals surface area contributed by atoms with Crippen LogP contribution in [-0.4, -0.2) is 57.7 Å². The second-order valence-corrected chi connectivity index (χ2v) is 9.09. The lowest BCUT2D eigenvalue weighted by Gasteiger charge is -2.33. The summed E-state index contributed by atoms with van der Waals surface area (Å²) in [5.41, 5.74) is 3.38. The number of anilines is 1. The van der Waals surface area contributed by atoms with Crippen molar-refractivity contribution in [2.45, 2.75) is 19.9 Å². The van der Waals surface area contributed by atoms with Crippen LogP contribution in [0.15, 0.2) is 36.4 Å². The smallest absolute Gasteiger partial charge is 0.201 e. The van der Waals surface area contributed by atoms with E-state index < -0.39 is 0 Å². The highest BCUT2D eigenvalue weighted by atomic mass is 32.1. The maximum absolute atomic E-state index is 4.86. The van der Waals surface area contributed by atoms with Crippen LogP contribution in [0.3, 0.4) is 0 Å². The third-order valence-corrected chi connectivity index (χ3v) is 6.45. The van der Waals surface area contributed by atoms with Crippen LogP contribution < -0.4 is 14.8 Å². The minimum absolute atomic E-state index is 0.462. The molecule has 0 fully saturated rings. The highest BCUT2D eigenvalue weighted by Gasteiger charge is 2.19. The van der Waals surface area contributed by atoms with Crippen molar-refractivity contribution < 1.29 is 0 Å². The molecule has 0 saturated heterocycles. The van der Waals surface area contributed by atoms with E-state index in [1.807, 2.05) is 11.3 Å². The molecular weight excluding hydrogens is 352 g/mol. The van der Waals surface area contributed by atoms with E-state index >= 15 is 0 Å². The molecule has 0 aromatic heterocycles. The Hall–Kier alpha value is -1.98. The van der Waals surface area contributed by atoms with E-state index in [2.05, 4.69) is 99.9 Å². The van der Waals surface area contributed by atoms with Crippen LogP contribution in [0.5, 0.6) is 0 Å². The van der Waals surface area contributed by atoms with Crippen LogP contribution in [0.1, 0.15) is 13.8 Å². The van der Waals surface area contributed by atoms with Gasteiger partial charge in [0.25, 0.3) is 0 Å². The number of aromatic nitrogens is 1. The van der Waals surface area contributed by atoms with Gasteiger partial charge in [0, 0.05) is 37.5 Å². The fourth-order valence-corrected chi connectivity index (χ4v) is 4.48. The normalized spacial score (nSPS) is 13.9. The monoisotopic (exact) mass is 383 g/mol. The fourth-order valence-electron chi connectivity index (χ4n) is 3.45. The zero-order valence-corrected chi connectivity index (χ0v) is 18.3. The first-order chi connectivity index (χ1) is 12.8. The van der Waals surface area contributed by atoms with Crippen LogP contribution in [0.25, 0.3) is 20.8 Å². The molecule has 5 heteroatoms. The Morgan fingerprint density at radius 2 is 1.78 bits per heavy atom. The molecular formula is C22H31N4S+. The van der Waals surface area contributed by atoms with Crippen molar-refractivity contribution in [2.24, 2.45) is 5.92 Å². The summed E-state index contributed by atoms with van der Waals surface area (Å²) in [6.45, 7) is 5.72. The number of fused-ring (bicyclic) bond motifs is 2. The molecule has 0 N–H and O–H groups in total. The lowest BCUT2D eigenvalue weighted by atomic mass is 10.0. The van der Waals surface area contributed by atoms with Gasteiger partial charge in [0.15, 0.2) is 0 Å². The summed E-state index contributed by atoms with van der Waals surface area (Å²) >= 11 is 1.82. The molecule has 0 saturated carbocycles. The number of benzene rings is 2. The van der Waals surface area contributed by atoms with Crippen LogP contribution in [-0.2, 0) is 0 Å².